The normalized spacial score (nSPS) is 12.5. The molecule has 0 aromatic heterocycles. The molecular weight excluding hydrogens is 347 g/mol. The predicted molar refractivity (Wildman–Crippen MR) is 88.5 cm³/mol. The van der Waals surface area contributed by atoms with E-state index >= 15 is 0 Å². The summed E-state index contributed by atoms with van der Waals surface area (Å²) in [6, 6.07) is 12.6. The first-order chi connectivity index (χ1) is 8.97. The van der Waals surface area contributed by atoms with Gasteiger partial charge in [-0.1, -0.05) is 29.8 Å². The molecule has 1 N–H and O–H groups in total. The van der Waals surface area contributed by atoms with Gasteiger partial charge in [0.05, 0.1) is 6.10 Å². The van der Waals surface area contributed by atoms with Crippen molar-refractivity contribution >= 4 is 22.6 Å². The van der Waals surface area contributed by atoms with E-state index in [1.165, 1.54) is 25.8 Å². The standard InChI is InChI=1S/C17H19IO/c1-11-8-12(2)17(13(3)9-11)16(19)10-14-4-6-15(18)7-5-14/h4-9,16,19H,10H2,1-3H3. The average Bonchev–Trinajstić information content (AvgIpc) is 2.30. The zero-order chi connectivity index (χ0) is 14.0. The molecule has 2 heteroatoms. The Bertz CT molecular complexity index is 549. The van der Waals surface area contributed by atoms with E-state index < -0.39 is 6.10 Å². The Morgan fingerprint density at radius 3 is 2.05 bits per heavy atom. The third-order valence-corrected chi connectivity index (χ3v) is 4.13. The molecule has 0 radical (unpaired) electrons. The summed E-state index contributed by atoms with van der Waals surface area (Å²) in [6.07, 6.45) is 0.238. The Morgan fingerprint density at radius 1 is 1.00 bits per heavy atom. The molecule has 2 aromatic carbocycles. The lowest BCUT2D eigenvalue weighted by atomic mass is 9.92. The number of halogens is 1. The number of benzene rings is 2. The van der Waals surface area contributed by atoms with Crippen LogP contribution in [-0.4, -0.2) is 5.11 Å². The smallest absolute Gasteiger partial charge is 0.0835 e. The molecule has 2 aromatic rings. The first kappa shape index (κ1) is 14.5. The third-order valence-electron chi connectivity index (χ3n) is 3.41. The fraction of sp³-hybridized carbons (Fsp3) is 0.294. The topological polar surface area (TPSA) is 20.2 Å². The van der Waals surface area contributed by atoms with Crippen molar-refractivity contribution < 1.29 is 5.11 Å². The van der Waals surface area contributed by atoms with Crippen LogP contribution in [0.5, 0.6) is 0 Å². The van der Waals surface area contributed by atoms with Crippen molar-refractivity contribution in [3.63, 3.8) is 0 Å². The highest BCUT2D eigenvalue weighted by Crippen LogP contribution is 2.26. The highest BCUT2D eigenvalue weighted by Gasteiger charge is 2.14. The fourth-order valence-corrected chi connectivity index (χ4v) is 3.02. The fourth-order valence-electron chi connectivity index (χ4n) is 2.66. The SMILES string of the molecule is Cc1cc(C)c(C(O)Cc2ccc(I)cc2)c(C)c1. The molecule has 19 heavy (non-hydrogen) atoms. The van der Waals surface area contributed by atoms with Crippen LogP contribution in [0.15, 0.2) is 36.4 Å². The summed E-state index contributed by atoms with van der Waals surface area (Å²) in [5.41, 5.74) is 5.85. The van der Waals surface area contributed by atoms with Crippen LogP contribution in [0.3, 0.4) is 0 Å². The van der Waals surface area contributed by atoms with Crippen LogP contribution in [0.25, 0.3) is 0 Å². The third kappa shape index (κ3) is 3.57. The maximum absolute atomic E-state index is 10.5. The zero-order valence-corrected chi connectivity index (χ0v) is 13.7. The molecule has 0 saturated carbocycles. The van der Waals surface area contributed by atoms with Crippen molar-refractivity contribution in [2.45, 2.75) is 33.3 Å². The second kappa shape index (κ2) is 6.06. The number of hydrogen-bond acceptors (Lipinski definition) is 1. The van der Waals surface area contributed by atoms with Crippen LogP contribution in [0.1, 0.15) is 33.9 Å². The van der Waals surface area contributed by atoms with Crippen LogP contribution in [0.2, 0.25) is 0 Å². The van der Waals surface area contributed by atoms with E-state index in [2.05, 4.69) is 79.8 Å². The minimum Gasteiger partial charge on any atom is -0.388 e. The summed E-state index contributed by atoms with van der Waals surface area (Å²) in [7, 11) is 0. The van der Waals surface area contributed by atoms with Crippen molar-refractivity contribution in [2.75, 3.05) is 0 Å². The van der Waals surface area contributed by atoms with Gasteiger partial charge in [0.2, 0.25) is 0 Å². The predicted octanol–water partition coefficient (Wildman–Crippen LogP) is 4.49. The van der Waals surface area contributed by atoms with Gasteiger partial charge in [-0.15, -0.1) is 0 Å². The zero-order valence-electron chi connectivity index (χ0n) is 11.6. The van der Waals surface area contributed by atoms with E-state index in [0.717, 1.165) is 5.56 Å². The molecule has 0 saturated heterocycles. The highest BCUT2D eigenvalue weighted by molar-refractivity contribution is 14.1. The molecule has 1 nitrogen and oxygen atoms in total. The van der Waals surface area contributed by atoms with Gasteiger partial charge >= 0.3 is 0 Å². The molecule has 100 valence electrons. The molecule has 0 amide bonds. The number of rotatable bonds is 3. The largest absolute Gasteiger partial charge is 0.388 e. The summed E-state index contributed by atoms with van der Waals surface area (Å²) in [4.78, 5) is 0. The summed E-state index contributed by atoms with van der Waals surface area (Å²) < 4.78 is 1.22. The van der Waals surface area contributed by atoms with E-state index in [9.17, 15) is 5.11 Å². The number of aliphatic hydroxyl groups excluding tert-OH is 1. The molecule has 0 aliphatic heterocycles. The minimum absolute atomic E-state index is 0.430. The summed E-state index contributed by atoms with van der Waals surface area (Å²) in [5.74, 6) is 0. The van der Waals surface area contributed by atoms with E-state index in [4.69, 9.17) is 0 Å². The molecule has 2 rings (SSSR count). The van der Waals surface area contributed by atoms with E-state index in [0.29, 0.717) is 6.42 Å². The van der Waals surface area contributed by atoms with Gasteiger partial charge in [0.25, 0.3) is 0 Å². The van der Waals surface area contributed by atoms with Crippen LogP contribution in [0, 0.1) is 24.3 Å². The molecule has 0 aliphatic rings. The van der Waals surface area contributed by atoms with Crippen LogP contribution in [-0.2, 0) is 6.42 Å². The average molecular weight is 366 g/mol. The number of hydrogen-bond donors (Lipinski definition) is 1. The molecular formula is C17H19IO. The van der Waals surface area contributed by atoms with Gasteiger partial charge in [-0.05, 0) is 77.7 Å². The minimum atomic E-state index is -0.430. The lowest BCUT2D eigenvalue weighted by Gasteiger charge is -2.17. The summed E-state index contributed by atoms with van der Waals surface area (Å²) in [6.45, 7) is 6.24. The lowest BCUT2D eigenvalue weighted by Crippen LogP contribution is -2.06. The Labute approximate surface area is 128 Å². The lowest BCUT2D eigenvalue weighted by molar-refractivity contribution is 0.177. The summed E-state index contributed by atoms with van der Waals surface area (Å²) in [5, 5.41) is 10.5. The second-order valence-electron chi connectivity index (χ2n) is 5.16. The van der Waals surface area contributed by atoms with Crippen LogP contribution >= 0.6 is 22.6 Å². The first-order valence-electron chi connectivity index (χ1n) is 6.47. The van der Waals surface area contributed by atoms with Gasteiger partial charge < -0.3 is 5.11 Å². The molecule has 1 atom stereocenters. The molecule has 0 spiro atoms. The van der Waals surface area contributed by atoms with Gasteiger partial charge in [-0.3, -0.25) is 0 Å². The van der Waals surface area contributed by atoms with E-state index in [1.54, 1.807) is 0 Å². The van der Waals surface area contributed by atoms with Gasteiger partial charge in [-0.25, -0.2) is 0 Å². The van der Waals surface area contributed by atoms with E-state index in [1.807, 2.05) is 0 Å². The Balaban J connectivity index is 2.25. The van der Waals surface area contributed by atoms with Gasteiger partial charge in [-0.2, -0.15) is 0 Å². The van der Waals surface area contributed by atoms with Gasteiger partial charge in [0.1, 0.15) is 0 Å². The molecule has 0 fully saturated rings. The van der Waals surface area contributed by atoms with Gasteiger partial charge in [0, 0.05) is 9.99 Å². The molecule has 0 aliphatic carbocycles. The first-order valence-corrected chi connectivity index (χ1v) is 7.55. The van der Waals surface area contributed by atoms with Crippen molar-refractivity contribution in [1.29, 1.82) is 0 Å². The molecule has 1 unspecified atom stereocenters. The second-order valence-corrected chi connectivity index (χ2v) is 6.40. The maximum atomic E-state index is 10.5. The maximum Gasteiger partial charge on any atom is 0.0835 e. The Hall–Kier alpha value is -0.870. The van der Waals surface area contributed by atoms with Crippen LogP contribution in [0.4, 0.5) is 0 Å². The van der Waals surface area contributed by atoms with Gasteiger partial charge in [0.15, 0.2) is 0 Å². The highest BCUT2D eigenvalue weighted by atomic mass is 127. The van der Waals surface area contributed by atoms with E-state index in [-0.39, 0.29) is 0 Å². The van der Waals surface area contributed by atoms with Crippen molar-refractivity contribution in [3.8, 4) is 0 Å². The molecule has 0 heterocycles. The van der Waals surface area contributed by atoms with Crippen molar-refractivity contribution in [3.05, 3.63) is 67.8 Å². The number of aryl methyl sites for hydroxylation is 3. The monoisotopic (exact) mass is 366 g/mol. The Morgan fingerprint density at radius 2 is 1.53 bits per heavy atom. The Kier molecular flexibility index (Phi) is 4.63. The summed E-state index contributed by atoms with van der Waals surface area (Å²) >= 11 is 2.29. The van der Waals surface area contributed by atoms with Crippen molar-refractivity contribution in [1.82, 2.24) is 0 Å². The van der Waals surface area contributed by atoms with Crippen molar-refractivity contribution in [2.24, 2.45) is 0 Å². The van der Waals surface area contributed by atoms with Crippen LogP contribution < -0.4 is 0 Å². The molecule has 0 bridgehead atoms. The number of aliphatic hydroxyl groups is 1. The quantitative estimate of drug-likeness (QED) is 0.794.